The number of hydrogen-bond acceptors (Lipinski definition) is 1. The van der Waals surface area contributed by atoms with Gasteiger partial charge in [-0.3, -0.25) is 0 Å². The predicted octanol–water partition coefficient (Wildman–Crippen LogP) is 2.81. The molecule has 0 heterocycles. The number of hydrogen-bond donors (Lipinski definition) is 0. The van der Waals surface area contributed by atoms with Crippen LogP contribution in [0.2, 0.25) is 0 Å². The second-order valence-corrected chi connectivity index (χ2v) is 4.69. The van der Waals surface area contributed by atoms with Crippen LogP contribution >= 0.6 is 0 Å². The maximum Gasteiger partial charge on any atom is 0.127 e. The summed E-state index contributed by atoms with van der Waals surface area (Å²) in [5.41, 5.74) is 1.40. The van der Waals surface area contributed by atoms with E-state index in [1.165, 1.54) is 5.57 Å². The predicted molar refractivity (Wildman–Crippen MR) is 50.9 cm³/mol. The maximum atomic E-state index is 10.9. The molecule has 0 aliphatic heterocycles. The van der Waals surface area contributed by atoms with E-state index in [0.29, 0.717) is 5.92 Å². The molecule has 0 aromatic heterocycles. The summed E-state index contributed by atoms with van der Waals surface area (Å²) in [6.45, 7) is 8.64. The highest BCUT2D eigenvalue weighted by atomic mass is 16.1. The molecule has 2 atom stereocenters. The van der Waals surface area contributed by atoms with Gasteiger partial charge >= 0.3 is 0 Å². The number of rotatable bonds is 1. The van der Waals surface area contributed by atoms with Crippen LogP contribution in [0.5, 0.6) is 0 Å². The molecule has 0 aromatic rings. The first-order valence-corrected chi connectivity index (χ1v) is 4.61. The molecule has 1 heteroatoms. The number of allylic oxidation sites excluding steroid dienone is 2. The number of carbonyl (C=O) groups is 1. The monoisotopic (exact) mass is 166 g/mol. The second-order valence-electron chi connectivity index (χ2n) is 4.69. The van der Waals surface area contributed by atoms with Crippen molar-refractivity contribution < 1.29 is 4.79 Å². The van der Waals surface area contributed by atoms with Gasteiger partial charge in [0.1, 0.15) is 6.29 Å². The number of carbonyl (C=O) groups excluding carboxylic acids is 1. The van der Waals surface area contributed by atoms with Crippen molar-refractivity contribution in [1.29, 1.82) is 0 Å². The van der Waals surface area contributed by atoms with Gasteiger partial charge in [0, 0.05) is 5.92 Å². The van der Waals surface area contributed by atoms with Crippen molar-refractivity contribution >= 4 is 6.29 Å². The Morgan fingerprint density at radius 1 is 1.58 bits per heavy atom. The van der Waals surface area contributed by atoms with Gasteiger partial charge < -0.3 is 4.79 Å². The quantitative estimate of drug-likeness (QED) is 0.432. The van der Waals surface area contributed by atoms with E-state index in [-0.39, 0.29) is 11.3 Å². The molecular weight excluding hydrogens is 148 g/mol. The van der Waals surface area contributed by atoms with Crippen LogP contribution in [0.3, 0.4) is 0 Å². The highest BCUT2D eigenvalue weighted by Crippen LogP contribution is 2.41. The third kappa shape index (κ3) is 1.60. The van der Waals surface area contributed by atoms with Gasteiger partial charge in [-0.05, 0) is 24.7 Å². The van der Waals surface area contributed by atoms with Gasteiger partial charge in [-0.2, -0.15) is 0 Å². The highest BCUT2D eigenvalue weighted by molar-refractivity contribution is 5.60. The van der Waals surface area contributed by atoms with E-state index in [0.717, 1.165) is 12.7 Å². The Balaban J connectivity index is 2.96. The number of aldehydes is 1. The topological polar surface area (TPSA) is 17.1 Å². The summed E-state index contributed by atoms with van der Waals surface area (Å²) in [6.07, 6.45) is 4.44. The summed E-state index contributed by atoms with van der Waals surface area (Å²) < 4.78 is 0. The van der Waals surface area contributed by atoms with Gasteiger partial charge in [-0.15, -0.1) is 0 Å². The third-order valence-corrected chi connectivity index (χ3v) is 2.86. The van der Waals surface area contributed by atoms with Gasteiger partial charge in [-0.1, -0.05) is 32.4 Å². The maximum absolute atomic E-state index is 10.9. The zero-order valence-corrected chi connectivity index (χ0v) is 8.42. The van der Waals surface area contributed by atoms with E-state index in [1.807, 2.05) is 0 Å². The molecule has 0 bridgehead atoms. The molecule has 0 saturated heterocycles. The van der Waals surface area contributed by atoms with Crippen LogP contribution in [0, 0.1) is 17.3 Å². The smallest absolute Gasteiger partial charge is 0.127 e. The summed E-state index contributed by atoms with van der Waals surface area (Å²) in [6, 6.07) is 0. The lowest BCUT2D eigenvalue weighted by Gasteiger charge is -2.37. The lowest BCUT2D eigenvalue weighted by Crippen LogP contribution is -2.31. The molecule has 1 nitrogen and oxygen atoms in total. The Labute approximate surface area is 74.9 Å². The zero-order valence-electron chi connectivity index (χ0n) is 8.42. The molecule has 0 amide bonds. The minimum Gasteiger partial charge on any atom is -0.303 e. The molecule has 1 rings (SSSR count). The first-order valence-electron chi connectivity index (χ1n) is 4.61. The zero-order chi connectivity index (χ0) is 9.35. The van der Waals surface area contributed by atoms with E-state index >= 15 is 0 Å². The molecule has 0 spiro atoms. The molecule has 0 aromatic carbocycles. The fourth-order valence-corrected chi connectivity index (χ4v) is 2.48. The summed E-state index contributed by atoms with van der Waals surface area (Å²) in [5.74, 6) is 0.755. The largest absolute Gasteiger partial charge is 0.303 e. The standard InChI is InChI=1S/C11H18O/c1-8-5-9(2)10(7-12)11(3,4)6-8/h5,7-8,10H,6H2,1-4H3. The van der Waals surface area contributed by atoms with Crippen LogP contribution in [0.25, 0.3) is 0 Å². The Kier molecular flexibility index (Phi) is 2.41. The summed E-state index contributed by atoms with van der Waals surface area (Å²) in [7, 11) is 0. The second kappa shape index (κ2) is 3.04. The lowest BCUT2D eigenvalue weighted by molar-refractivity contribution is -0.113. The highest BCUT2D eigenvalue weighted by Gasteiger charge is 2.34. The first kappa shape index (κ1) is 9.50. The molecular formula is C11H18O. The van der Waals surface area contributed by atoms with Crippen LogP contribution < -0.4 is 0 Å². The van der Waals surface area contributed by atoms with Crippen LogP contribution in [-0.2, 0) is 4.79 Å². The van der Waals surface area contributed by atoms with Crippen LogP contribution in [0.4, 0.5) is 0 Å². The van der Waals surface area contributed by atoms with Crippen molar-refractivity contribution in [3.8, 4) is 0 Å². The van der Waals surface area contributed by atoms with Gasteiger partial charge in [0.25, 0.3) is 0 Å². The Morgan fingerprint density at radius 3 is 2.58 bits per heavy atom. The SMILES string of the molecule is CC1=CC(C)CC(C)(C)C1C=O. The van der Waals surface area contributed by atoms with E-state index in [2.05, 4.69) is 33.8 Å². The van der Waals surface area contributed by atoms with Crippen LogP contribution in [0.15, 0.2) is 11.6 Å². The first-order chi connectivity index (χ1) is 5.47. The fraction of sp³-hybridized carbons (Fsp3) is 0.727. The van der Waals surface area contributed by atoms with Crippen molar-refractivity contribution in [3.63, 3.8) is 0 Å². The average molecular weight is 166 g/mol. The normalized spacial score (nSPS) is 34.2. The van der Waals surface area contributed by atoms with Crippen molar-refractivity contribution in [2.75, 3.05) is 0 Å². The Hall–Kier alpha value is -0.590. The molecule has 0 N–H and O–H groups in total. The Morgan fingerprint density at radius 2 is 2.17 bits per heavy atom. The Bertz CT molecular complexity index is 213. The fourth-order valence-electron chi connectivity index (χ4n) is 2.48. The van der Waals surface area contributed by atoms with Crippen LogP contribution in [0.1, 0.15) is 34.1 Å². The van der Waals surface area contributed by atoms with Gasteiger partial charge in [0.15, 0.2) is 0 Å². The molecule has 0 saturated carbocycles. The van der Waals surface area contributed by atoms with Crippen molar-refractivity contribution in [2.24, 2.45) is 17.3 Å². The van der Waals surface area contributed by atoms with Crippen molar-refractivity contribution in [3.05, 3.63) is 11.6 Å². The molecule has 0 fully saturated rings. The van der Waals surface area contributed by atoms with Crippen LogP contribution in [-0.4, -0.2) is 6.29 Å². The van der Waals surface area contributed by atoms with E-state index < -0.39 is 0 Å². The summed E-state index contributed by atoms with van der Waals surface area (Å²) >= 11 is 0. The summed E-state index contributed by atoms with van der Waals surface area (Å²) in [4.78, 5) is 10.9. The third-order valence-electron chi connectivity index (χ3n) is 2.86. The van der Waals surface area contributed by atoms with Gasteiger partial charge in [0.2, 0.25) is 0 Å². The lowest BCUT2D eigenvalue weighted by atomic mass is 9.66. The van der Waals surface area contributed by atoms with Crippen molar-refractivity contribution in [2.45, 2.75) is 34.1 Å². The van der Waals surface area contributed by atoms with E-state index in [1.54, 1.807) is 0 Å². The summed E-state index contributed by atoms with van der Waals surface area (Å²) in [5, 5.41) is 0. The van der Waals surface area contributed by atoms with Gasteiger partial charge in [0.05, 0.1) is 0 Å². The molecule has 1 aliphatic carbocycles. The van der Waals surface area contributed by atoms with Gasteiger partial charge in [-0.25, -0.2) is 0 Å². The minimum absolute atomic E-state index is 0.133. The minimum atomic E-state index is 0.133. The molecule has 12 heavy (non-hydrogen) atoms. The molecule has 1 aliphatic rings. The van der Waals surface area contributed by atoms with Crippen molar-refractivity contribution in [1.82, 2.24) is 0 Å². The van der Waals surface area contributed by atoms with E-state index in [9.17, 15) is 4.79 Å². The molecule has 0 radical (unpaired) electrons. The van der Waals surface area contributed by atoms with E-state index in [4.69, 9.17) is 0 Å². The molecule has 68 valence electrons. The molecule has 2 unspecified atom stereocenters. The average Bonchev–Trinajstić information content (AvgIpc) is 1.82.